The van der Waals surface area contributed by atoms with Crippen molar-refractivity contribution in [2.45, 2.75) is 13.3 Å². The first-order valence-electron chi connectivity index (χ1n) is 8.97. The molecule has 5 rings (SSSR count). The SMILES string of the molecule is CCc1ccc(-c2c(I)c3ccccc3n3c2cc2ccccc23)cc1. The summed E-state index contributed by atoms with van der Waals surface area (Å²) >= 11 is 2.52. The molecule has 0 N–H and O–H groups in total. The van der Waals surface area contributed by atoms with Gasteiger partial charge in [-0.15, -0.1) is 0 Å². The van der Waals surface area contributed by atoms with Crippen LogP contribution in [0.5, 0.6) is 0 Å². The van der Waals surface area contributed by atoms with E-state index >= 15 is 0 Å². The Labute approximate surface area is 166 Å². The van der Waals surface area contributed by atoms with Crippen molar-refractivity contribution < 1.29 is 0 Å². The molecule has 0 amide bonds. The third-order valence-electron chi connectivity index (χ3n) is 5.22. The molecule has 1 nitrogen and oxygen atoms in total. The smallest absolute Gasteiger partial charge is 0.0558 e. The van der Waals surface area contributed by atoms with E-state index in [0.29, 0.717) is 0 Å². The van der Waals surface area contributed by atoms with Gasteiger partial charge < -0.3 is 4.40 Å². The molecule has 26 heavy (non-hydrogen) atoms. The first-order valence-corrected chi connectivity index (χ1v) is 10.1. The molecule has 0 aliphatic rings. The van der Waals surface area contributed by atoms with Gasteiger partial charge in [-0.2, -0.15) is 0 Å². The van der Waals surface area contributed by atoms with Crippen LogP contribution in [0.3, 0.4) is 0 Å². The van der Waals surface area contributed by atoms with Gasteiger partial charge in [0.05, 0.1) is 16.6 Å². The van der Waals surface area contributed by atoms with Crippen LogP contribution in [0.1, 0.15) is 12.5 Å². The molecule has 0 saturated carbocycles. The molecule has 0 atom stereocenters. The van der Waals surface area contributed by atoms with Crippen LogP contribution in [0, 0.1) is 3.57 Å². The summed E-state index contributed by atoms with van der Waals surface area (Å²) in [6.07, 6.45) is 1.07. The van der Waals surface area contributed by atoms with Crippen LogP contribution in [-0.2, 0) is 6.42 Å². The van der Waals surface area contributed by atoms with Crippen LogP contribution in [0.15, 0.2) is 78.9 Å². The lowest BCUT2D eigenvalue weighted by atomic mass is 10.0. The van der Waals surface area contributed by atoms with Gasteiger partial charge in [0.2, 0.25) is 0 Å². The summed E-state index contributed by atoms with van der Waals surface area (Å²) in [6.45, 7) is 2.20. The Kier molecular flexibility index (Phi) is 3.75. The van der Waals surface area contributed by atoms with Crippen LogP contribution in [0.4, 0.5) is 0 Å². The molecular formula is C24H18IN. The highest BCUT2D eigenvalue weighted by Gasteiger charge is 2.16. The highest BCUT2D eigenvalue weighted by atomic mass is 127. The quantitative estimate of drug-likeness (QED) is 0.255. The maximum atomic E-state index is 2.52. The van der Waals surface area contributed by atoms with E-state index in [1.165, 1.54) is 47.6 Å². The van der Waals surface area contributed by atoms with E-state index in [0.717, 1.165) is 6.42 Å². The first-order chi connectivity index (χ1) is 12.8. The first kappa shape index (κ1) is 15.9. The highest BCUT2D eigenvalue weighted by Crippen LogP contribution is 2.38. The molecule has 2 heterocycles. The number of aryl methyl sites for hydroxylation is 1. The minimum absolute atomic E-state index is 1.07. The van der Waals surface area contributed by atoms with Crippen LogP contribution >= 0.6 is 22.6 Å². The highest BCUT2D eigenvalue weighted by molar-refractivity contribution is 14.1. The largest absolute Gasteiger partial charge is 0.309 e. The molecule has 0 radical (unpaired) electrons. The van der Waals surface area contributed by atoms with E-state index < -0.39 is 0 Å². The number of pyridine rings is 1. The molecule has 3 aromatic carbocycles. The molecule has 0 aliphatic heterocycles. The van der Waals surface area contributed by atoms with Gasteiger partial charge >= 0.3 is 0 Å². The molecule has 0 aliphatic carbocycles. The minimum atomic E-state index is 1.07. The summed E-state index contributed by atoms with van der Waals surface area (Å²) in [4.78, 5) is 0. The lowest BCUT2D eigenvalue weighted by molar-refractivity contribution is 1.14. The van der Waals surface area contributed by atoms with Gasteiger partial charge in [0.15, 0.2) is 0 Å². The number of benzene rings is 3. The summed E-state index contributed by atoms with van der Waals surface area (Å²) < 4.78 is 3.73. The van der Waals surface area contributed by atoms with E-state index in [1.807, 2.05) is 0 Å². The Morgan fingerprint density at radius 3 is 2.23 bits per heavy atom. The zero-order valence-corrected chi connectivity index (χ0v) is 16.7. The second-order valence-electron chi connectivity index (χ2n) is 6.68. The van der Waals surface area contributed by atoms with Crippen LogP contribution in [-0.4, -0.2) is 4.40 Å². The molecule has 0 saturated heterocycles. The summed E-state index contributed by atoms with van der Waals surface area (Å²) in [6, 6.07) is 28.7. The fourth-order valence-corrected chi connectivity index (χ4v) is 4.93. The number of aromatic nitrogens is 1. The Morgan fingerprint density at radius 2 is 1.46 bits per heavy atom. The average Bonchev–Trinajstić information content (AvgIpc) is 3.08. The molecule has 0 spiro atoms. The van der Waals surface area contributed by atoms with Crippen molar-refractivity contribution in [2.75, 3.05) is 0 Å². The molecule has 2 heteroatoms. The summed E-state index contributed by atoms with van der Waals surface area (Å²) in [5.74, 6) is 0. The maximum Gasteiger partial charge on any atom is 0.0558 e. The number of halogens is 1. The predicted octanol–water partition coefficient (Wildman–Crippen LogP) is 7.08. The van der Waals surface area contributed by atoms with Gasteiger partial charge in [-0.1, -0.05) is 67.6 Å². The van der Waals surface area contributed by atoms with Gasteiger partial charge in [0.1, 0.15) is 0 Å². The Morgan fingerprint density at radius 1 is 0.769 bits per heavy atom. The van der Waals surface area contributed by atoms with Gasteiger partial charge in [-0.05, 0) is 58.3 Å². The van der Waals surface area contributed by atoms with Gasteiger partial charge in [-0.25, -0.2) is 0 Å². The van der Waals surface area contributed by atoms with Gasteiger partial charge in [-0.3, -0.25) is 0 Å². The Balaban J connectivity index is 1.99. The van der Waals surface area contributed by atoms with Crippen molar-refractivity contribution >= 4 is 49.9 Å². The van der Waals surface area contributed by atoms with E-state index in [1.54, 1.807) is 0 Å². The van der Waals surface area contributed by atoms with Crippen molar-refractivity contribution in [2.24, 2.45) is 0 Å². The Hall–Kier alpha value is -2.33. The average molecular weight is 447 g/mol. The third kappa shape index (κ3) is 2.28. The van der Waals surface area contributed by atoms with E-state index in [2.05, 4.69) is 113 Å². The number of rotatable bonds is 2. The standard InChI is InChI=1S/C24H18IN/c1-2-16-11-13-17(14-12-16)23-22-15-18-7-3-5-9-20(18)26(22)21-10-6-4-8-19(21)24(23)25/h3-15H,2H2,1H3. The normalized spacial score (nSPS) is 11.6. The predicted molar refractivity (Wildman–Crippen MR) is 120 cm³/mol. The molecule has 126 valence electrons. The van der Waals surface area contributed by atoms with Crippen LogP contribution in [0.2, 0.25) is 0 Å². The van der Waals surface area contributed by atoms with Gasteiger partial charge in [0.25, 0.3) is 0 Å². The summed E-state index contributed by atoms with van der Waals surface area (Å²) in [7, 11) is 0. The fraction of sp³-hybridized carbons (Fsp3) is 0.0833. The molecular weight excluding hydrogens is 429 g/mol. The van der Waals surface area contributed by atoms with Gasteiger partial charge in [0, 0.05) is 19.9 Å². The number of hydrogen-bond donors (Lipinski definition) is 0. The van der Waals surface area contributed by atoms with Crippen molar-refractivity contribution in [3.05, 3.63) is 88.0 Å². The summed E-state index contributed by atoms with van der Waals surface area (Å²) in [5, 5.41) is 2.59. The zero-order valence-electron chi connectivity index (χ0n) is 14.5. The molecule has 0 unspecified atom stereocenters. The molecule has 5 aromatic rings. The lowest BCUT2D eigenvalue weighted by Gasteiger charge is -2.14. The van der Waals surface area contributed by atoms with Crippen LogP contribution in [0.25, 0.3) is 38.4 Å². The topological polar surface area (TPSA) is 4.41 Å². The van der Waals surface area contributed by atoms with E-state index in [4.69, 9.17) is 0 Å². The zero-order chi connectivity index (χ0) is 17.7. The van der Waals surface area contributed by atoms with Crippen molar-refractivity contribution in [3.63, 3.8) is 0 Å². The number of para-hydroxylation sites is 2. The summed E-state index contributed by atoms with van der Waals surface area (Å²) in [5.41, 5.74) is 7.79. The van der Waals surface area contributed by atoms with Crippen molar-refractivity contribution in [1.82, 2.24) is 4.40 Å². The number of hydrogen-bond acceptors (Lipinski definition) is 0. The van der Waals surface area contributed by atoms with Crippen molar-refractivity contribution in [1.29, 1.82) is 0 Å². The minimum Gasteiger partial charge on any atom is -0.309 e. The molecule has 0 fully saturated rings. The third-order valence-corrected chi connectivity index (χ3v) is 6.34. The van der Waals surface area contributed by atoms with Crippen LogP contribution < -0.4 is 0 Å². The van der Waals surface area contributed by atoms with E-state index in [9.17, 15) is 0 Å². The lowest BCUT2D eigenvalue weighted by Crippen LogP contribution is -1.95. The molecule has 2 aromatic heterocycles. The second kappa shape index (κ2) is 6.13. The van der Waals surface area contributed by atoms with Crippen molar-refractivity contribution in [3.8, 4) is 11.1 Å². The molecule has 0 bridgehead atoms. The van der Waals surface area contributed by atoms with E-state index in [-0.39, 0.29) is 0 Å². The Bertz CT molecular complexity index is 1260. The maximum absolute atomic E-state index is 2.52. The second-order valence-corrected chi connectivity index (χ2v) is 7.76. The monoisotopic (exact) mass is 447 g/mol. The number of nitrogens with zero attached hydrogens (tertiary/aromatic N) is 1. The fourth-order valence-electron chi connectivity index (χ4n) is 3.88. The number of fused-ring (bicyclic) bond motifs is 5.